The first kappa shape index (κ1) is 24.9. The topological polar surface area (TPSA) is 98.5 Å². The standard InChI is InChI=1S/C27H30N2O5/c1-5-6-11-23-28-16-22(25(31)32)24(30)29(23)17-18-12-14-19(15-13-18)20-9-7-8-10-21(20)26(33)34-27(2,3)4/h7-10,12-16H,5-6,11,17H2,1-4H3,(H,31,32). The highest BCUT2D eigenvalue weighted by atomic mass is 16.6. The molecule has 178 valence electrons. The van der Waals surface area contributed by atoms with Crippen LogP contribution in [0.15, 0.2) is 59.5 Å². The second-order valence-corrected chi connectivity index (χ2v) is 9.13. The second-order valence-electron chi connectivity index (χ2n) is 9.13. The number of ether oxygens (including phenoxy) is 1. The molecule has 0 amide bonds. The minimum atomic E-state index is -1.29. The first-order chi connectivity index (χ1) is 16.1. The number of nitrogens with zero attached hydrogens (tertiary/aromatic N) is 2. The second kappa shape index (κ2) is 10.5. The highest BCUT2D eigenvalue weighted by Gasteiger charge is 2.21. The summed E-state index contributed by atoms with van der Waals surface area (Å²) in [7, 11) is 0. The Labute approximate surface area is 199 Å². The van der Waals surface area contributed by atoms with Gasteiger partial charge in [-0.15, -0.1) is 0 Å². The van der Waals surface area contributed by atoms with Crippen molar-refractivity contribution in [3.05, 3.63) is 87.6 Å². The Morgan fingerprint density at radius 3 is 2.32 bits per heavy atom. The maximum absolute atomic E-state index is 12.8. The van der Waals surface area contributed by atoms with Crippen LogP contribution in [-0.4, -0.2) is 32.2 Å². The van der Waals surface area contributed by atoms with E-state index in [0.29, 0.717) is 17.8 Å². The number of aryl methyl sites for hydroxylation is 1. The van der Waals surface area contributed by atoms with Crippen molar-refractivity contribution in [3.8, 4) is 11.1 Å². The molecule has 0 atom stereocenters. The lowest BCUT2D eigenvalue weighted by Gasteiger charge is -2.20. The first-order valence-corrected chi connectivity index (χ1v) is 11.3. The van der Waals surface area contributed by atoms with E-state index in [1.54, 1.807) is 12.1 Å². The Bertz CT molecular complexity index is 1240. The normalized spacial score (nSPS) is 11.3. The van der Waals surface area contributed by atoms with Crippen molar-refractivity contribution in [2.24, 2.45) is 0 Å². The smallest absolute Gasteiger partial charge is 0.342 e. The molecule has 0 saturated carbocycles. The average Bonchev–Trinajstić information content (AvgIpc) is 2.78. The summed E-state index contributed by atoms with van der Waals surface area (Å²) in [6.45, 7) is 7.73. The molecule has 0 bridgehead atoms. The van der Waals surface area contributed by atoms with Crippen LogP contribution in [0.3, 0.4) is 0 Å². The van der Waals surface area contributed by atoms with Crippen molar-refractivity contribution >= 4 is 11.9 Å². The van der Waals surface area contributed by atoms with Gasteiger partial charge < -0.3 is 9.84 Å². The van der Waals surface area contributed by atoms with E-state index in [1.807, 2.05) is 64.1 Å². The number of carbonyl (C=O) groups is 2. The lowest BCUT2D eigenvalue weighted by molar-refractivity contribution is 0.00702. The summed E-state index contributed by atoms with van der Waals surface area (Å²) in [5.41, 5.74) is 1.37. The minimum absolute atomic E-state index is 0.208. The predicted octanol–water partition coefficient (Wildman–Crippen LogP) is 4.95. The van der Waals surface area contributed by atoms with Gasteiger partial charge in [-0.05, 0) is 49.9 Å². The van der Waals surface area contributed by atoms with Crippen molar-refractivity contribution in [2.75, 3.05) is 0 Å². The molecule has 3 aromatic rings. The molecule has 1 N–H and O–H groups in total. The molecular weight excluding hydrogens is 432 g/mol. The molecule has 34 heavy (non-hydrogen) atoms. The molecule has 7 heteroatoms. The Kier molecular flexibility index (Phi) is 7.66. The molecule has 7 nitrogen and oxygen atoms in total. The molecule has 0 aliphatic carbocycles. The van der Waals surface area contributed by atoms with Crippen LogP contribution in [0.1, 0.15) is 72.6 Å². The van der Waals surface area contributed by atoms with E-state index in [1.165, 1.54) is 4.57 Å². The molecular formula is C27H30N2O5. The van der Waals surface area contributed by atoms with Gasteiger partial charge in [-0.25, -0.2) is 14.6 Å². The summed E-state index contributed by atoms with van der Waals surface area (Å²) in [5, 5.41) is 9.34. The lowest BCUT2D eigenvalue weighted by Crippen LogP contribution is -2.30. The van der Waals surface area contributed by atoms with Gasteiger partial charge in [0.2, 0.25) is 0 Å². The van der Waals surface area contributed by atoms with E-state index in [2.05, 4.69) is 4.98 Å². The number of hydrogen-bond donors (Lipinski definition) is 1. The maximum atomic E-state index is 12.8. The van der Waals surface area contributed by atoms with Crippen LogP contribution in [-0.2, 0) is 17.7 Å². The van der Waals surface area contributed by atoms with Gasteiger partial charge in [-0.2, -0.15) is 0 Å². The van der Waals surface area contributed by atoms with Crippen LogP contribution in [0.4, 0.5) is 0 Å². The highest BCUT2D eigenvalue weighted by molar-refractivity contribution is 5.97. The summed E-state index contributed by atoms with van der Waals surface area (Å²) < 4.78 is 6.98. The van der Waals surface area contributed by atoms with Gasteiger partial charge >= 0.3 is 11.9 Å². The van der Waals surface area contributed by atoms with Crippen LogP contribution >= 0.6 is 0 Å². The van der Waals surface area contributed by atoms with E-state index in [4.69, 9.17) is 4.74 Å². The number of aromatic carboxylic acids is 1. The monoisotopic (exact) mass is 462 g/mol. The van der Waals surface area contributed by atoms with Gasteiger partial charge in [0.1, 0.15) is 17.0 Å². The minimum Gasteiger partial charge on any atom is -0.477 e. The summed E-state index contributed by atoms with van der Waals surface area (Å²) in [6, 6.07) is 14.7. The molecule has 3 rings (SSSR count). The number of carboxylic acid groups (broad SMARTS) is 1. The predicted molar refractivity (Wildman–Crippen MR) is 130 cm³/mol. The van der Waals surface area contributed by atoms with Crippen molar-refractivity contribution < 1.29 is 19.4 Å². The van der Waals surface area contributed by atoms with Gasteiger partial charge in [-0.1, -0.05) is 55.8 Å². The van der Waals surface area contributed by atoms with Crippen molar-refractivity contribution in [3.63, 3.8) is 0 Å². The Morgan fingerprint density at radius 2 is 1.71 bits per heavy atom. The molecule has 1 aromatic heterocycles. The summed E-state index contributed by atoms with van der Waals surface area (Å²) in [6.07, 6.45) is 3.51. The Morgan fingerprint density at radius 1 is 1.03 bits per heavy atom. The first-order valence-electron chi connectivity index (χ1n) is 11.3. The number of aromatic nitrogens is 2. The molecule has 2 aromatic carbocycles. The van der Waals surface area contributed by atoms with Gasteiger partial charge in [0.25, 0.3) is 5.56 Å². The van der Waals surface area contributed by atoms with Crippen LogP contribution < -0.4 is 5.56 Å². The van der Waals surface area contributed by atoms with E-state index in [-0.39, 0.29) is 12.1 Å². The van der Waals surface area contributed by atoms with Gasteiger partial charge in [-0.3, -0.25) is 9.36 Å². The van der Waals surface area contributed by atoms with Crippen molar-refractivity contribution in [2.45, 2.75) is 59.1 Å². The third-order valence-corrected chi connectivity index (χ3v) is 5.27. The van der Waals surface area contributed by atoms with E-state index in [0.717, 1.165) is 35.7 Å². The highest BCUT2D eigenvalue weighted by Crippen LogP contribution is 2.26. The summed E-state index contributed by atoms with van der Waals surface area (Å²) in [5.74, 6) is -1.12. The molecule has 0 fully saturated rings. The van der Waals surface area contributed by atoms with E-state index < -0.39 is 23.1 Å². The van der Waals surface area contributed by atoms with Gasteiger partial charge in [0.15, 0.2) is 0 Å². The number of hydrogen-bond acceptors (Lipinski definition) is 5. The number of benzene rings is 2. The van der Waals surface area contributed by atoms with Crippen LogP contribution in [0.2, 0.25) is 0 Å². The van der Waals surface area contributed by atoms with Gasteiger partial charge in [0, 0.05) is 12.6 Å². The zero-order valence-corrected chi connectivity index (χ0v) is 20.0. The largest absolute Gasteiger partial charge is 0.477 e. The molecule has 0 unspecified atom stereocenters. The molecule has 0 radical (unpaired) electrons. The molecule has 0 spiro atoms. The fourth-order valence-electron chi connectivity index (χ4n) is 3.59. The molecule has 1 heterocycles. The zero-order valence-electron chi connectivity index (χ0n) is 20.0. The number of unbranched alkanes of at least 4 members (excludes halogenated alkanes) is 1. The lowest BCUT2D eigenvalue weighted by atomic mass is 9.98. The fraction of sp³-hybridized carbons (Fsp3) is 0.333. The van der Waals surface area contributed by atoms with Crippen LogP contribution in [0.5, 0.6) is 0 Å². The number of esters is 1. The maximum Gasteiger partial charge on any atom is 0.342 e. The number of carboxylic acids is 1. The molecule has 0 aliphatic rings. The average molecular weight is 463 g/mol. The molecule has 0 saturated heterocycles. The Hall–Kier alpha value is -3.74. The SMILES string of the molecule is CCCCc1ncc(C(=O)O)c(=O)n1Cc1ccc(-c2ccccc2C(=O)OC(C)(C)C)cc1. The fourth-order valence-corrected chi connectivity index (χ4v) is 3.59. The number of rotatable bonds is 8. The summed E-state index contributed by atoms with van der Waals surface area (Å²) in [4.78, 5) is 41.2. The third kappa shape index (κ3) is 5.98. The quantitative estimate of drug-likeness (QED) is 0.476. The van der Waals surface area contributed by atoms with Crippen molar-refractivity contribution in [1.29, 1.82) is 0 Å². The summed E-state index contributed by atoms with van der Waals surface area (Å²) >= 11 is 0. The van der Waals surface area contributed by atoms with Crippen molar-refractivity contribution in [1.82, 2.24) is 9.55 Å². The zero-order chi connectivity index (χ0) is 24.9. The molecule has 0 aliphatic heterocycles. The van der Waals surface area contributed by atoms with Crippen LogP contribution in [0, 0.1) is 0 Å². The number of carbonyl (C=O) groups excluding carboxylic acids is 1. The van der Waals surface area contributed by atoms with E-state index in [9.17, 15) is 19.5 Å². The van der Waals surface area contributed by atoms with Crippen LogP contribution in [0.25, 0.3) is 11.1 Å². The van der Waals surface area contributed by atoms with E-state index >= 15 is 0 Å². The van der Waals surface area contributed by atoms with Gasteiger partial charge in [0.05, 0.1) is 12.1 Å². The third-order valence-electron chi connectivity index (χ3n) is 5.27. The Balaban J connectivity index is 1.93.